The van der Waals surface area contributed by atoms with E-state index in [1.165, 1.54) is 13.2 Å². The molecule has 0 N–H and O–H groups in total. The van der Waals surface area contributed by atoms with Crippen LogP contribution < -0.4 is 9.47 Å². The van der Waals surface area contributed by atoms with Gasteiger partial charge in [-0.1, -0.05) is 29.8 Å². The minimum Gasteiger partial charge on any atom is -0.496 e. The first-order valence-electron chi connectivity index (χ1n) is 14.5. The number of fused-ring (bicyclic) bond motifs is 1. The molecule has 1 aliphatic rings. The zero-order valence-electron chi connectivity index (χ0n) is 24.8. The minimum atomic E-state index is -0.435. The number of imidazole rings is 1. The molecule has 0 amide bonds. The maximum absolute atomic E-state index is 15.6. The van der Waals surface area contributed by atoms with Crippen molar-refractivity contribution in [3.05, 3.63) is 106 Å². The molecule has 0 atom stereocenters. The van der Waals surface area contributed by atoms with E-state index >= 15 is 4.39 Å². The lowest BCUT2D eigenvalue weighted by Gasteiger charge is -2.16. The first-order valence-corrected chi connectivity index (χ1v) is 14.8. The number of benzene rings is 3. The van der Waals surface area contributed by atoms with Crippen LogP contribution in [0.4, 0.5) is 4.39 Å². The van der Waals surface area contributed by atoms with Gasteiger partial charge in [0.2, 0.25) is 5.88 Å². The molecular formula is C35H30ClFN4O4. The van der Waals surface area contributed by atoms with Crippen molar-refractivity contribution in [2.45, 2.75) is 38.8 Å². The molecule has 3 aromatic carbocycles. The van der Waals surface area contributed by atoms with Gasteiger partial charge in [-0.2, -0.15) is 5.26 Å². The summed E-state index contributed by atoms with van der Waals surface area (Å²) in [4.78, 5) is 21.6. The van der Waals surface area contributed by atoms with Crippen molar-refractivity contribution >= 4 is 28.6 Å². The molecule has 0 saturated heterocycles. The van der Waals surface area contributed by atoms with E-state index in [-0.39, 0.29) is 12.0 Å². The molecule has 0 bridgehead atoms. The van der Waals surface area contributed by atoms with Gasteiger partial charge in [0.1, 0.15) is 24.0 Å². The standard InChI is InChI=1S/C35H30ClFN4O4/c1-43-31-19-25(36)9-7-24(31)20-45-33-5-3-4-28(40-33)26-10-6-22(16-27(26)37)17-32-39-29-11-8-23(34(42)44-2)18-30(29)41(32)21-35(12-13-35)14-15-38/h3-11,16,18-19H,12-14,17,20-21H2,1-2H3. The number of carbonyl (C=O) groups excluding carboxylic acids is 1. The monoisotopic (exact) mass is 624 g/mol. The number of methoxy groups -OCH3 is 2. The molecule has 8 nitrogen and oxygen atoms in total. The first kappa shape index (κ1) is 30.1. The Hall–Kier alpha value is -4.94. The summed E-state index contributed by atoms with van der Waals surface area (Å²) in [5, 5.41) is 9.98. The molecule has 10 heteroatoms. The van der Waals surface area contributed by atoms with Crippen LogP contribution in [0.25, 0.3) is 22.3 Å². The summed E-state index contributed by atoms with van der Waals surface area (Å²) in [7, 11) is 2.91. The summed E-state index contributed by atoms with van der Waals surface area (Å²) in [6.45, 7) is 0.798. The number of nitrogens with zero attached hydrogens (tertiary/aromatic N) is 4. The van der Waals surface area contributed by atoms with Crippen molar-refractivity contribution in [1.82, 2.24) is 14.5 Å². The Morgan fingerprint density at radius 3 is 2.64 bits per heavy atom. The van der Waals surface area contributed by atoms with E-state index in [0.717, 1.165) is 40.8 Å². The molecule has 6 rings (SSSR count). The Kier molecular flexibility index (Phi) is 8.42. The van der Waals surface area contributed by atoms with Gasteiger partial charge in [0.25, 0.3) is 0 Å². The fourth-order valence-electron chi connectivity index (χ4n) is 5.49. The van der Waals surface area contributed by atoms with E-state index in [9.17, 15) is 10.1 Å². The van der Waals surface area contributed by atoms with E-state index < -0.39 is 11.8 Å². The number of rotatable bonds is 11. The van der Waals surface area contributed by atoms with Gasteiger partial charge >= 0.3 is 5.97 Å². The van der Waals surface area contributed by atoms with Gasteiger partial charge in [0.15, 0.2) is 0 Å². The molecule has 2 heterocycles. The lowest BCUT2D eigenvalue weighted by atomic mass is 10.0. The van der Waals surface area contributed by atoms with E-state index in [2.05, 4.69) is 15.6 Å². The minimum absolute atomic E-state index is 0.120. The zero-order valence-corrected chi connectivity index (χ0v) is 25.6. The number of aromatic nitrogens is 3. The second-order valence-electron chi connectivity index (χ2n) is 11.2. The Labute approximate surface area is 265 Å². The third kappa shape index (κ3) is 6.47. The van der Waals surface area contributed by atoms with Crippen molar-refractivity contribution in [3.8, 4) is 29.0 Å². The van der Waals surface area contributed by atoms with E-state index in [0.29, 0.717) is 52.9 Å². The van der Waals surface area contributed by atoms with Gasteiger partial charge in [-0.15, -0.1) is 0 Å². The maximum atomic E-state index is 15.6. The molecule has 0 spiro atoms. The van der Waals surface area contributed by atoms with E-state index in [1.807, 2.05) is 12.1 Å². The molecule has 2 aromatic heterocycles. The highest BCUT2D eigenvalue weighted by molar-refractivity contribution is 6.30. The van der Waals surface area contributed by atoms with Gasteiger partial charge < -0.3 is 18.8 Å². The normalized spacial score (nSPS) is 13.3. The average Bonchev–Trinajstić information content (AvgIpc) is 3.73. The topological polar surface area (TPSA) is 99.3 Å². The Morgan fingerprint density at radius 1 is 1.07 bits per heavy atom. The highest BCUT2D eigenvalue weighted by atomic mass is 35.5. The molecule has 228 valence electrons. The molecule has 45 heavy (non-hydrogen) atoms. The SMILES string of the molecule is COC(=O)c1ccc2nc(Cc3ccc(-c4cccc(OCc5ccc(Cl)cc5OC)n4)c(F)c3)n(CC3(CC#N)CC3)c2c1. The maximum Gasteiger partial charge on any atom is 0.337 e. The summed E-state index contributed by atoms with van der Waals surface area (Å²) < 4.78 is 33.9. The van der Waals surface area contributed by atoms with E-state index in [1.54, 1.807) is 61.7 Å². The number of ether oxygens (including phenoxy) is 3. The van der Waals surface area contributed by atoms with Crippen LogP contribution in [-0.4, -0.2) is 34.7 Å². The Bertz CT molecular complexity index is 1950. The fourth-order valence-corrected chi connectivity index (χ4v) is 5.66. The fraction of sp³-hybridized carbons (Fsp3) is 0.257. The second kappa shape index (κ2) is 12.6. The highest BCUT2D eigenvalue weighted by Gasteiger charge is 2.43. The third-order valence-electron chi connectivity index (χ3n) is 8.17. The van der Waals surface area contributed by atoms with Gasteiger partial charge in [0.05, 0.1) is 42.6 Å². The summed E-state index contributed by atoms with van der Waals surface area (Å²) in [6.07, 6.45) is 2.70. The smallest absolute Gasteiger partial charge is 0.337 e. The van der Waals surface area contributed by atoms with Crippen molar-refractivity contribution in [2.75, 3.05) is 14.2 Å². The number of hydrogen-bond acceptors (Lipinski definition) is 7. The Balaban J connectivity index is 1.25. The highest BCUT2D eigenvalue weighted by Crippen LogP contribution is 2.50. The molecule has 5 aromatic rings. The van der Waals surface area contributed by atoms with Crippen molar-refractivity contribution in [2.24, 2.45) is 5.41 Å². The van der Waals surface area contributed by atoms with Gasteiger partial charge in [-0.25, -0.2) is 19.2 Å². The van der Waals surface area contributed by atoms with Crippen molar-refractivity contribution < 1.29 is 23.4 Å². The van der Waals surface area contributed by atoms with Crippen molar-refractivity contribution in [3.63, 3.8) is 0 Å². The number of pyridine rings is 1. The molecule has 0 radical (unpaired) electrons. The lowest BCUT2D eigenvalue weighted by Crippen LogP contribution is -2.14. The van der Waals surface area contributed by atoms with Crippen LogP contribution in [0.5, 0.6) is 11.6 Å². The van der Waals surface area contributed by atoms with Crippen LogP contribution >= 0.6 is 11.6 Å². The van der Waals surface area contributed by atoms with Crippen LogP contribution in [0.15, 0.2) is 72.8 Å². The number of hydrogen-bond donors (Lipinski definition) is 0. The molecule has 0 aliphatic heterocycles. The quantitative estimate of drug-likeness (QED) is 0.140. The average molecular weight is 625 g/mol. The molecule has 1 fully saturated rings. The van der Waals surface area contributed by atoms with Gasteiger partial charge in [0, 0.05) is 47.0 Å². The van der Waals surface area contributed by atoms with Gasteiger partial charge in [-0.3, -0.25) is 0 Å². The summed E-state index contributed by atoms with van der Waals surface area (Å²) >= 11 is 6.06. The zero-order chi connectivity index (χ0) is 31.6. The van der Waals surface area contributed by atoms with Crippen LogP contribution in [0, 0.1) is 22.6 Å². The van der Waals surface area contributed by atoms with Crippen molar-refractivity contribution in [1.29, 1.82) is 5.26 Å². The molecule has 1 aliphatic carbocycles. The third-order valence-corrected chi connectivity index (χ3v) is 8.41. The van der Waals surface area contributed by atoms with Crippen LogP contribution in [0.3, 0.4) is 0 Å². The Morgan fingerprint density at radius 2 is 1.91 bits per heavy atom. The number of nitriles is 1. The number of halogens is 2. The second-order valence-corrected chi connectivity index (χ2v) is 11.7. The molecule has 1 saturated carbocycles. The van der Waals surface area contributed by atoms with Gasteiger partial charge in [-0.05, 0) is 66.9 Å². The summed E-state index contributed by atoms with van der Waals surface area (Å²) in [5.41, 5.74) is 4.12. The van der Waals surface area contributed by atoms with Crippen LogP contribution in [0.1, 0.15) is 46.6 Å². The predicted octanol–water partition coefficient (Wildman–Crippen LogP) is 7.55. The van der Waals surface area contributed by atoms with Crippen LogP contribution in [0.2, 0.25) is 5.02 Å². The van der Waals surface area contributed by atoms with Crippen LogP contribution in [-0.2, 0) is 24.3 Å². The number of esters is 1. The number of carbonyl (C=O) groups is 1. The molecule has 0 unspecified atom stereocenters. The largest absolute Gasteiger partial charge is 0.496 e. The predicted molar refractivity (Wildman–Crippen MR) is 168 cm³/mol. The van der Waals surface area contributed by atoms with E-state index in [4.69, 9.17) is 30.8 Å². The summed E-state index contributed by atoms with van der Waals surface area (Å²) in [6, 6.07) is 23.1. The molecular weight excluding hydrogens is 595 g/mol. The summed E-state index contributed by atoms with van der Waals surface area (Å²) in [5.74, 6) is 0.828. The lowest BCUT2D eigenvalue weighted by molar-refractivity contribution is 0.0601. The first-order chi connectivity index (χ1) is 21.8.